The number of hydrogen-bond donors (Lipinski definition) is 1. The number of aromatic nitrogens is 3. The Balaban J connectivity index is 1.40. The van der Waals surface area contributed by atoms with Gasteiger partial charge in [0.1, 0.15) is 11.0 Å². The van der Waals surface area contributed by atoms with Crippen molar-refractivity contribution in [3.8, 4) is 11.3 Å². The van der Waals surface area contributed by atoms with E-state index in [9.17, 15) is 4.79 Å². The summed E-state index contributed by atoms with van der Waals surface area (Å²) in [5.41, 5.74) is 2.01. The third kappa shape index (κ3) is 4.00. The van der Waals surface area contributed by atoms with Gasteiger partial charge in [0.2, 0.25) is 5.89 Å². The van der Waals surface area contributed by atoms with Crippen LogP contribution in [-0.2, 0) is 6.54 Å². The molecule has 2 amide bonds. The Morgan fingerprint density at radius 1 is 1.30 bits per heavy atom. The van der Waals surface area contributed by atoms with E-state index in [0.29, 0.717) is 24.8 Å². The van der Waals surface area contributed by atoms with Crippen molar-refractivity contribution < 1.29 is 9.32 Å². The van der Waals surface area contributed by atoms with Crippen molar-refractivity contribution >= 4 is 17.4 Å². The van der Waals surface area contributed by atoms with Crippen LogP contribution in [0.3, 0.4) is 0 Å². The highest BCUT2D eigenvalue weighted by Gasteiger charge is 2.31. The molecule has 0 saturated carbocycles. The molecule has 7 nitrogen and oxygen atoms in total. The lowest BCUT2D eigenvalue weighted by molar-refractivity contribution is 0.131. The number of aryl methyl sites for hydroxylation is 1. The summed E-state index contributed by atoms with van der Waals surface area (Å²) >= 11 is 1.55. The number of carbonyl (C=O) groups is 1. The Morgan fingerprint density at radius 3 is 2.93 bits per heavy atom. The smallest absolute Gasteiger partial charge is 0.318 e. The third-order valence-electron chi connectivity index (χ3n) is 4.60. The van der Waals surface area contributed by atoms with Gasteiger partial charge in [0.25, 0.3) is 0 Å². The fourth-order valence-corrected chi connectivity index (χ4v) is 4.01. The number of amides is 2. The summed E-state index contributed by atoms with van der Waals surface area (Å²) < 4.78 is 5.31. The van der Waals surface area contributed by atoms with Crippen LogP contribution in [-0.4, -0.2) is 32.6 Å². The first-order chi connectivity index (χ1) is 13.2. The zero-order chi connectivity index (χ0) is 18.6. The molecule has 27 heavy (non-hydrogen) atoms. The number of urea groups is 1. The normalized spacial score (nSPS) is 17.1. The van der Waals surface area contributed by atoms with E-state index in [2.05, 4.69) is 20.4 Å². The maximum absolute atomic E-state index is 12.7. The number of piperidine rings is 1. The van der Waals surface area contributed by atoms with E-state index in [0.717, 1.165) is 35.5 Å². The third-order valence-corrected chi connectivity index (χ3v) is 5.45. The van der Waals surface area contributed by atoms with Crippen LogP contribution in [0.1, 0.15) is 42.0 Å². The molecule has 0 aliphatic carbocycles. The van der Waals surface area contributed by atoms with E-state index in [1.165, 1.54) is 0 Å². The highest BCUT2D eigenvalue weighted by atomic mass is 32.1. The number of thiazole rings is 1. The summed E-state index contributed by atoms with van der Waals surface area (Å²) in [7, 11) is 0. The van der Waals surface area contributed by atoms with Gasteiger partial charge in [0.05, 0.1) is 12.2 Å². The Hall–Kier alpha value is -2.74. The molecule has 1 aliphatic rings. The number of benzene rings is 1. The quantitative estimate of drug-likeness (QED) is 0.738. The summed E-state index contributed by atoms with van der Waals surface area (Å²) in [5, 5.41) is 9.74. The van der Waals surface area contributed by atoms with Gasteiger partial charge in [-0.2, -0.15) is 4.98 Å². The van der Waals surface area contributed by atoms with Crippen LogP contribution in [0.25, 0.3) is 11.3 Å². The molecule has 0 bridgehead atoms. The predicted octanol–water partition coefficient (Wildman–Crippen LogP) is 3.94. The lowest BCUT2D eigenvalue weighted by Gasteiger charge is -2.33. The number of hydrogen-bond acceptors (Lipinski definition) is 6. The summed E-state index contributed by atoms with van der Waals surface area (Å²) in [4.78, 5) is 23.5. The number of likely N-dealkylation sites (tertiary alicyclic amines) is 1. The molecule has 3 heterocycles. The van der Waals surface area contributed by atoms with Crippen LogP contribution < -0.4 is 5.32 Å². The van der Waals surface area contributed by atoms with Crippen LogP contribution in [0, 0.1) is 6.92 Å². The molecule has 1 aliphatic heterocycles. The number of nitrogens with zero attached hydrogens (tertiary/aromatic N) is 4. The van der Waals surface area contributed by atoms with Crippen molar-refractivity contribution in [2.75, 3.05) is 6.54 Å². The Bertz CT molecular complexity index is 908. The summed E-state index contributed by atoms with van der Waals surface area (Å²) in [6, 6.07) is 9.75. The minimum atomic E-state index is -0.156. The zero-order valence-corrected chi connectivity index (χ0v) is 15.9. The lowest BCUT2D eigenvalue weighted by Crippen LogP contribution is -2.44. The lowest BCUT2D eigenvalue weighted by atomic mass is 10.0. The Kier molecular flexibility index (Phi) is 5.15. The molecule has 1 fully saturated rings. The first-order valence-corrected chi connectivity index (χ1v) is 9.93. The molecular weight excluding hydrogens is 362 g/mol. The largest absolute Gasteiger partial charge is 0.337 e. The highest BCUT2D eigenvalue weighted by Crippen LogP contribution is 2.30. The average molecular weight is 383 g/mol. The van der Waals surface area contributed by atoms with Gasteiger partial charge in [-0.25, -0.2) is 9.78 Å². The van der Waals surface area contributed by atoms with Crippen LogP contribution in [0.5, 0.6) is 0 Å². The molecule has 0 spiro atoms. The van der Waals surface area contributed by atoms with Crippen molar-refractivity contribution in [2.24, 2.45) is 0 Å². The molecule has 8 heteroatoms. The van der Waals surface area contributed by atoms with Crippen molar-refractivity contribution in [1.29, 1.82) is 0 Å². The van der Waals surface area contributed by atoms with E-state index < -0.39 is 0 Å². The van der Waals surface area contributed by atoms with Gasteiger partial charge in [0, 0.05) is 17.5 Å². The van der Waals surface area contributed by atoms with E-state index in [-0.39, 0.29) is 12.1 Å². The molecule has 4 rings (SSSR count). The summed E-state index contributed by atoms with van der Waals surface area (Å²) in [6.07, 6.45) is 2.86. The SMILES string of the molecule is Cc1noc(C2CCCCN2C(=O)NCc2nc(-c3ccccc3)cs2)n1. The highest BCUT2D eigenvalue weighted by molar-refractivity contribution is 7.09. The first-order valence-electron chi connectivity index (χ1n) is 9.05. The first kappa shape index (κ1) is 17.7. The van der Waals surface area contributed by atoms with Crippen molar-refractivity contribution in [3.05, 3.63) is 52.4 Å². The number of carbonyl (C=O) groups excluding carboxylic acids is 1. The maximum atomic E-state index is 12.7. The number of rotatable bonds is 4. The van der Waals surface area contributed by atoms with Crippen molar-refractivity contribution in [3.63, 3.8) is 0 Å². The second-order valence-electron chi connectivity index (χ2n) is 6.54. The molecule has 1 atom stereocenters. The fraction of sp³-hybridized carbons (Fsp3) is 0.368. The zero-order valence-electron chi connectivity index (χ0n) is 15.1. The minimum Gasteiger partial charge on any atom is -0.337 e. The van der Waals surface area contributed by atoms with Gasteiger partial charge in [-0.15, -0.1) is 11.3 Å². The van der Waals surface area contributed by atoms with E-state index in [1.807, 2.05) is 35.7 Å². The maximum Gasteiger partial charge on any atom is 0.318 e. The molecule has 1 N–H and O–H groups in total. The van der Waals surface area contributed by atoms with Gasteiger partial charge in [-0.3, -0.25) is 0 Å². The summed E-state index contributed by atoms with van der Waals surface area (Å²) in [6.45, 7) is 2.88. The predicted molar refractivity (Wildman–Crippen MR) is 102 cm³/mol. The summed E-state index contributed by atoms with van der Waals surface area (Å²) in [5.74, 6) is 1.11. The second-order valence-corrected chi connectivity index (χ2v) is 7.48. The standard InChI is InChI=1S/C19H21N5O2S/c1-13-21-18(26-23-13)16-9-5-6-10-24(16)19(25)20-11-17-22-15(12-27-17)14-7-3-2-4-8-14/h2-4,7-8,12,16H,5-6,9-11H2,1H3,(H,20,25). The van der Waals surface area contributed by atoms with Gasteiger partial charge in [-0.05, 0) is 26.2 Å². The second kappa shape index (κ2) is 7.87. The fourth-order valence-electron chi connectivity index (χ4n) is 3.27. The Morgan fingerprint density at radius 2 is 2.15 bits per heavy atom. The Labute approximate surface area is 161 Å². The van der Waals surface area contributed by atoms with Crippen LogP contribution in [0.4, 0.5) is 4.79 Å². The monoisotopic (exact) mass is 383 g/mol. The van der Waals surface area contributed by atoms with Crippen LogP contribution >= 0.6 is 11.3 Å². The molecule has 1 saturated heterocycles. The van der Waals surface area contributed by atoms with E-state index >= 15 is 0 Å². The average Bonchev–Trinajstić information content (AvgIpc) is 3.36. The van der Waals surface area contributed by atoms with Crippen LogP contribution in [0.15, 0.2) is 40.2 Å². The van der Waals surface area contributed by atoms with Gasteiger partial charge in [-0.1, -0.05) is 35.5 Å². The van der Waals surface area contributed by atoms with Crippen LogP contribution in [0.2, 0.25) is 0 Å². The van der Waals surface area contributed by atoms with Crippen molar-refractivity contribution in [1.82, 2.24) is 25.3 Å². The number of nitrogens with one attached hydrogen (secondary N) is 1. The molecule has 2 aromatic heterocycles. The molecule has 1 unspecified atom stereocenters. The van der Waals surface area contributed by atoms with E-state index in [4.69, 9.17) is 4.52 Å². The molecular formula is C19H21N5O2S. The molecule has 3 aromatic rings. The van der Waals surface area contributed by atoms with Crippen molar-refractivity contribution in [2.45, 2.75) is 38.8 Å². The molecule has 140 valence electrons. The molecule has 1 aromatic carbocycles. The minimum absolute atomic E-state index is 0.119. The van der Waals surface area contributed by atoms with E-state index in [1.54, 1.807) is 23.2 Å². The topological polar surface area (TPSA) is 84.2 Å². The van der Waals surface area contributed by atoms with Gasteiger partial charge < -0.3 is 14.7 Å². The molecule has 0 radical (unpaired) electrons. The van der Waals surface area contributed by atoms with Gasteiger partial charge >= 0.3 is 6.03 Å². The van der Waals surface area contributed by atoms with Gasteiger partial charge in [0.15, 0.2) is 5.82 Å².